The van der Waals surface area contributed by atoms with Crippen LogP contribution < -0.4 is 0 Å². The maximum atomic E-state index is 14.1. The Morgan fingerprint density at radius 3 is 1.16 bits per heavy atom. The largest absolute Gasteiger partial charge is 0.479 e. The first kappa shape index (κ1) is 76.7. The van der Waals surface area contributed by atoms with Gasteiger partial charge in [0.1, 0.15) is 159 Å². The number of hydrogen-bond acceptors (Lipinski definition) is 41. The normalized spacial score (nSPS) is 48.8. The predicted molar refractivity (Wildman–Crippen MR) is 266 cm³/mol. The van der Waals surface area contributed by atoms with E-state index in [2.05, 4.69) is 0 Å². The Labute approximate surface area is 512 Å². The molecule has 0 aliphatic carbocycles. The number of carbonyl (C=O) groups is 3. The molecule has 2 unspecified atom stereocenters. The molecule has 0 spiro atoms. The summed E-state index contributed by atoms with van der Waals surface area (Å²) in [5.41, 5.74) is 0. The summed E-state index contributed by atoms with van der Waals surface area (Å²) in [6, 6.07) is 0. The summed E-state index contributed by atoms with van der Waals surface area (Å²) in [5, 5.41) is 254. The Hall–Kier alpha value is -2.65. The van der Waals surface area contributed by atoms with Crippen LogP contribution in [0.1, 0.15) is 6.42 Å². The fourth-order valence-corrected chi connectivity index (χ4v) is 12.6. The van der Waals surface area contributed by atoms with Crippen LogP contribution in [0, 0.1) is 0 Å². The monoisotopic (exact) mass is 1400 g/mol. The molecule has 0 aromatic carbocycles. The van der Waals surface area contributed by atoms with Gasteiger partial charge in [0, 0.05) is 6.42 Å². The summed E-state index contributed by atoms with van der Waals surface area (Å²) in [6.07, 6.45) is -84.7. The predicted octanol–water partition coefficient (Wildman–Crippen LogP) is -16.0. The van der Waals surface area contributed by atoms with Crippen LogP contribution in [0.2, 0.25) is 0 Å². The summed E-state index contributed by atoms with van der Waals surface area (Å²) in [7, 11) is -12.6. The van der Waals surface area contributed by atoms with Crippen LogP contribution in [0.15, 0.2) is 0 Å². The van der Waals surface area contributed by atoms with Crippen LogP contribution in [0.4, 0.5) is 0 Å². The van der Waals surface area contributed by atoms with Crippen molar-refractivity contribution in [3.05, 3.63) is 0 Å². The van der Waals surface area contributed by atoms with Crippen LogP contribution in [0.25, 0.3) is 0 Å². The number of ether oxygens (including phenoxy) is 11. The molecule has 0 amide bonds. The second-order valence-corrected chi connectivity index (χ2v) is 24.4. The summed E-state index contributed by atoms with van der Waals surface area (Å²) in [4.78, 5) is 58.4. The molecule has 0 bridgehead atoms. The molecule has 92 heavy (non-hydrogen) atoms. The molecule has 0 aromatic rings. The first-order valence-electron chi connectivity index (χ1n) is 27.2. The van der Waals surface area contributed by atoms with E-state index in [0.717, 1.165) is 0 Å². The molecule has 26 N–H and O–H groups in total. The van der Waals surface area contributed by atoms with E-state index in [1.807, 2.05) is 0 Å². The summed E-state index contributed by atoms with van der Waals surface area (Å²) in [5.74, 6) is -10.2. The van der Waals surface area contributed by atoms with Gasteiger partial charge in [-0.3, -0.25) is 18.1 Å². The van der Waals surface area contributed by atoms with E-state index in [-0.39, 0.29) is 0 Å². The lowest BCUT2D eigenvalue weighted by atomic mass is 9.92. The number of aliphatic hydroxyl groups is 21. The average molecular weight is 1400 g/mol. The molecule has 534 valence electrons. The van der Waals surface area contributed by atoms with Gasteiger partial charge >= 0.3 is 33.6 Å². The first-order chi connectivity index (χ1) is 42.9. The lowest BCUT2D eigenvalue weighted by Gasteiger charge is -2.50. The van der Waals surface area contributed by atoms with Crippen LogP contribution in [-0.2, 0) is 93.7 Å². The third kappa shape index (κ3) is 16.4. The minimum absolute atomic E-state index is 0.986. The van der Waals surface area contributed by atoms with Crippen molar-refractivity contribution >= 4 is 33.6 Å². The molecule has 7 saturated heterocycles. The Balaban J connectivity index is 1.23. The third-order valence-electron chi connectivity index (χ3n) is 15.5. The fraction of sp³-hybridized carbons (Fsp3) is 0.932. The molecule has 0 saturated carbocycles. The molecule has 37 atom stereocenters. The maximum Gasteiger partial charge on any atom is 0.475 e. The van der Waals surface area contributed by atoms with E-state index in [4.69, 9.17) is 70.2 Å². The van der Waals surface area contributed by atoms with Crippen molar-refractivity contribution in [1.82, 2.24) is 0 Å². The molecule has 7 aliphatic heterocycles. The number of phosphoric acid groups is 2. The highest BCUT2D eigenvalue weighted by molar-refractivity contribution is 7.47. The topological polar surface area (TPSA) is 750 Å². The molecule has 7 aliphatic rings. The fourth-order valence-electron chi connectivity index (χ4n) is 10.5. The van der Waals surface area contributed by atoms with Crippen molar-refractivity contribution in [2.75, 3.05) is 33.0 Å². The minimum atomic E-state index is -6.36. The van der Waals surface area contributed by atoms with E-state index < -0.39 is 287 Å². The quantitative estimate of drug-likeness (QED) is 0.0377. The molecule has 48 heteroatoms. The first-order valence-corrected chi connectivity index (χ1v) is 30.2. The number of aliphatic hydroxyl groups excluding tert-OH is 20. The van der Waals surface area contributed by atoms with Crippen molar-refractivity contribution in [2.24, 2.45) is 0 Å². The molecule has 0 aromatic heterocycles. The van der Waals surface area contributed by atoms with E-state index in [9.17, 15) is 156 Å². The Morgan fingerprint density at radius 1 is 0.413 bits per heavy atom. The number of rotatable bonds is 25. The molecule has 7 heterocycles. The van der Waals surface area contributed by atoms with Crippen molar-refractivity contribution < 1.29 is 226 Å². The number of hydrogen-bond donors (Lipinski definition) is 26. The van der Waals surface area contributed by atoms with Crippen molar-refractivity contribution in [3.8, 4) is 0 Å². The average Bonchev–Trinajstić information content (AvgIpc) is 0.777. The van der Waals surface area contributed by atoms with E-state index in [1.165, 1.54) is 0 Å². The second kappa shape index (κ2) is 31.0. The van der Waals surface area contributed by atoms with Gasteiger partial charge in [-0.25, -0.2) is 23.5 Å². The van der Waals surface area contributed by atoms with E-state index in [0.29, 0.717) is 0 Å². The standard InChI is InChI=1S/C44H72O46P2/c45-2-7(50)27-28(8(1-44(71,86-27)43(69)70)87-91(72,73)89-41-22(60)17(55)19(57)33(84-41)35(65)66)80-40-26(64)32(88-92(74,75)90-42-23(61)18(56)20(58)34(85-42)36(67)68)29(12(6-49)79-40)81-38-24(62)31(15(53)10(4-47)77-38)83-39-25(63)30(14(52)11(5-48)78-39)82-37-21(59)16(54)13(51)9(3-46)76-37/h7-34,37-42,45-64,71H,1-6H2,(H,65,66)(H,67,68)(H,69,70)(H,72,73)(H,74,75)/t7-,8-,9-,10-,11-,12-,13-,14-,15-,16+,17+,18+,19-,20-,21+,22-,23-,24-,25+,26-,27-,28-,29-,30+,31+,32-,33+,34+,37-,38-,39-,40-,41-,42-,44-/m1/s1. The van der Waals surface area contributed by atoms with Gasteiger partial charge in [0.15, 0.2) is 49.9 Å². The van der Waals surface area contributed by atoms with Gasteiger partial charge in [0.2, 0.25) is 0 Å². The van der Waals surface area contributed by atoms with Gasteiger partial charge in [0.05, 0.1) is 33.0 Å². The molecule has 7 rings (SSSR count). The van der Waals surface area contributed by atoms with Crippen LogP contribution in [-0.4, -0.2) is 398 Å². The van der Waals surface area contributed by atoms with Crippen molar-refractivity contribution in [3.63, 3.8) is 0 Å². The van der Waals surface area contributed by atoms with Crippen molar-refractivity contribution in [1.29, 1.82) is 0 Å². The molecular formula is C44H72O46P2. The Kier molecular flexibility index (Phi) is 25.9. The molecule has 46 nitrogen and oxygen atoms in total. The summed E-state index contributed by atoms with van der Waals surface area (Å²) >= 11 is 0. The molecule has 0 radical (unpaired) electrons. The van der Waals surface area contributed by atoms with Crippen LogP contribution in [0.3, 0.4) is 0 Å². The third-order valence-corrected chi connectivity index (χ3v) is 17.5. The van der Waals surface area contributed by atoms with E-state index >= 15 is 0 Å². The number of carboxylic acids is 3. The van der Waals surface area contributed by atoms with Crippen LogP contribution in [0.5, 0.6) is 0 Å². The zero-order chi connectivity index (χ0) is 68.7. The summed E-state index contributed by atoms with van der Waals surface area (Å²) in [6.45, 7) is -6.54. The zero-order valence-corrected chi connectivity index (χ0v) is 48.3. The maximum absolute atomic E-state index is 14.1. The zero-order valence-electron chi connectivity index (χ0n) is 46.6. The van der Waals surface area contributed by atoms with Gasteiger partial charge in [-0.2, -0.15) is 0 Å². The Morgan fingerprint density at radius 2 is 0.761 bits per heavy atom. The highest BCUT2D eigenvalue weighted by atomic mass is 31.2. The highest BCUT2D eigenvalue weighted by Crippen LogP contribution is 2.53. The number of carboxylic acid groups (broad SMARTS) is 3. The lowest BCUT2D eigenvalue weighted by Crippen LogP contribution is -2.68. The summed E-state index contributed by atoms with van der Waals surface area (Å²) < 4.78 is 107. The SMILES string of the molecule is O=C(O)[C@H]1O[C@H](OP(=O)(O)O[C@@H]2[C@@H](O)[C@@H](O[C@H]3[C@@H]([C@H](O)CO)O[C@@](O)(C(=O)O)C[C@H]3OP(=O)(O)O[C@H]3O[C@H](C(=O)O)[C@H](O)[C@H](O)[C@H]3O)O[C@H](CO)[C@H]2O[C@H]2O[C@H](CO)[C@@H](O)[C@H](O[C@H]3O[C@H](CO)[C@@H](O)[C@H](O[C@H]4O[C@H](CO)[C@@H](O)[C@H](O)[C@@H]4O)[C@@H]3O)[C@H]2O)[C@H](O)[C@@H](O)[C@H]1O. The van der Waals surface area contributed by atoms with Gasteiger partial charge in [-0.05, 0) is 0 Å². The van der Waals surface area contributed by atoms with Gasteiger partial charge in [-0.15, -0.1) is 0 Å². The second-order valence-electron chi connectivity index (χ2n) is 21.7. The van der Waals surface area contributed by atoms with Crippen molar-refractivity contribution in [2.45, 2.75) is 221 Å². The van der Waals surface area contributed by atoms with Gasteiger partial charge in [0.25, 0.3) is 5.79 Å². The number of aliphatic carboxylic acids is 3. The lowest BCUT2D eigenvalue weighted by molar-refractivity contribution is -0.394. The minimum Gasteiger partial charge on any atom is -0.479 e. The number of phosphoric ester groups is 2. The van der Waals surface area contributed by atoms with Gasteiger partial charge < -0.3 is 184 Å². The van der Waals surface area contributed by atoms with Crippen LogP contribution >= 0.6 is 15.6 Å². The Bertz CT molecular complexity index is 2540. The molecular weight excluding hydrogens is 1330 g/mol. The van der Waals surface area contributed by atoms with E-state index in [1.54, 1.807) is 0 Å². The molecule has 7 fully saturated rings. The highest BCUT2D eigenvalue weighted by Gasteiger charge is 2.62. The smallest absolute Gasteiger partial charge is 0.475 e. The van der Waals surface area contributed by atoms with Gasteiger partial charge in [-0.1, -0.05) is 0 Å².